The van der Waals surface area contributed by atoms with Crippen LogP contribution in [0, 0.1) is 0 Å². The highest BCUT2D eigenvalue weighted by Crippen LogP contribution is 2.51. The zero-order valence-electron chi connectivity index (χ0n) is 11.1. The summed E-state index contributed by atoms with van der Waals surface area (Å²) in [6.45, 7) is 0. The minimum absolute atomic E-state index is 0.00670. The van der Waals surface area contributed by atoms with Crippen molar-refractivity contribution in [2.24, 2.45) is 0 Å². The first-order chi connectivity index (χ1) is 9.72. The number of hydrogen-bond donors (Lipinski definition) is 2. The minimum atomic E-state index is -4.30. The lowest BCUT2D eigenvalue weighted by molar-refractivity contribution is -0.151. The maximum absolute atomic E-state index is 12.8. The van der Waals surface area contributed by atoms with Crippen molar-refractivity contribution in [3.63, 3.8) is 0 Å². The van der Waals surface area contributed by atoms with Gasteiger partial charge in [-0.2, -0.15) is 13.2 Å². The lowest BCUT2D eigenvalue weighted by Gasteiger charge is -2.22. The van der Waals surface area contributed by atoms with Gasteiger partial charge in [-0.1, -0.05) is 0 Å². The molecular weight excluding hydrogens is 305 g/mol. The van der Waals surface area contributed by atoms with Crippen LogP contribution in [0.5, 0.6) is 0 Å². The molecule has 0 spiro atoms. The second kappa shape index (κ2) is 4.61. The van der Waals surface area contributed by atoms with Gasteiger partial charge < -0.3 is 5.32 Å². The Morgan fingerprint density at radius 1 is 1.10 bits per heavy atom. The highest BCUT2D eigenvalue weighted by molar-refractivity contribution is 7.89. The van der Waals surface area contributed by atoms with Crippen LogP contribution in [-0.4, -0.2) is 26.2 Å². The van der Waals surface area contributed by atoms with Crippen LogP contribution in [0.25, 0.3) is 0 Å². The van der Waals surface area contributed by atoms with Crippen molar-refractivity contribution in [1.29, 1.82) is 0 Å². The van der Waals surface area contributed by atoms with Crippen LogP contribution in [0.15, 0.2) is 29.2 Å². The van der Waals surface area contributed by atoms with Crippen molar-refractivity contribution in [2.75, 3.05) is 5.32 Å². The van der Waals surface area contributed by atoms with E-state index in [9.17, 15) is 21.6 Å². The molecule has 2 aliphatic carbocycles. The maximum atomic E-state index is 12.8. The van der Waals surface area contributed by atoms with Crippen LogP contribution in [0.3, 0.4) is 0 Å². The van der Waals surface area contributed by atoms with Gasteiger partial charge in [0.1, 0.15) is 5.54 Å². The molecular formula is C13H15F3N2O2S. The lowest BCUT2D eigenvalue weighted by atomic mass is 10.2. The molecule has 0 unspecified atom stereocenters. The smallest absolute Gasteiger partial charge is 0.372 e. The normalized spacial score (nSPS) is 21.1. The summed E-state index contributed by atoms with van der Waals surface area (Å²) >= 11 is 0. The van der Waals surface area contributed by atoms with Gasteiger partial charge >= 0.3 is 6.18 Å². The van der Waals surface area contributed by atoms with Crippen molar-refractivity contribution in [2.45, 2.75) is 48.3 Å². The van der Waals surface area contributed by atoms with Crippen molar-refractivity contribution >= 4 is 15.7 Å². The second-order valence-electron chi connectivity index (χ2n) is 5.62. The molecule has 0 atom stereocenters. The Bertz CT molecular complexity index is 632. The summed E-state index contributed by atoms with van der Waals surface area (Å²) in [5.74, 6) is 0. The second-order valence-corrected chi connectivity index (χ2v) is 7.34. The molecule has 0 saturated heterocycles. The Hall–Kier alpha value is -1.28. The highest BCUT2D eigenvalue weighted by Gasteiger charge is 2.63. The summed E-state index contributed by atoms with van der Waals surface area (Å²) in [4.78, 5) is 0.0665. The summed E-state index contributed by atoms with van der Waals surface area (Å²) in [5, 5.41) is 2.46. The van der Waals surface area contributed by atoms with Gasteiger partial charge in [-0.05, 0) is 49.9 Å². The van der Waals surface area contributed by atoms with E-state index in [-0.39, 0.29) is 29.5 Å². The average molecular weight is 320 g/mol. The van der Waals surface area contributed by atoms with E-state index >= 15 is 0 Å². The number of alkyl halides is 3. The fourth-order valence-corrected chi connectivity index (χ4v) is 3.39. The van der Waals surface area contributed by atoms with Crippen LogP contribution < -0.4 is 10.0 Å². The molecule has 0 aliphatic heterocycles. The van der Waals surface area contributed by atoms with E-state index in [0.29, 0.717) is 0 Å². The molecule has 2 aliphatic rings. The Kier molecular flexibility index (Phi) is 3.21. The van der Waals surface area contributed by atoms with Crippen LogP contribution in [0.1, 0.15) is 25.7 Å². The number of nitrogens with one attached hydrogen (secondary N) is 2. The number of sulfonamides is 1. The molecule has 2 fully saturated rings. The Morgan fingerprint density at radius 2 is 1.67 bits per heavy atom. The number of rotatable bonds is 5. The summed E-state index contributed by atoms with van der Waals surface area (Å²) in [6, 6.07) is 5.37. The molecule has 1 aromatic carbocycles. The standard InChI is InChI=1S/C13H15F3N2O2S/c14-13(15,16)12(7-8-12)17-9-3-5-11(6-4-9)21(19,20)18-10-1-2-10/h3-6,10,17-18H,1-2,7-8H2. The molecule has 2 N–H and O–H groups in total. The molecule has 3 rings (SSSR count). The van der Waals surface area contributed by atoms with Gasteiger partial charge in [0.15, 0.2) is 0 Å². The largest absolute Gasteiger partial charge is 0.411 e. The first kappa shape index (κ1) is 14.6. The van der Waals surface area contributed by atoms with E-state index in [4.69, 9.17) is 0 Å². The van der Waals surface area contributed by atoms with Crippen LogP contribution in [0.4, 0.5) is 18.9 Å². The van der Waals surface area contributed by atoms with Gasteiger partial charge in [-0.3, -0.25) is 0 Å². The van der Waals surface area contributed by atoms with E-state index < -0.39 is 21.7 Å². The van der Waals surface area contributed by atoms with E-state index in [1.807, 2.05) is 0 Å². The summed E-state index contributed by atoms with van der Waals surface area (Å²) in [7, 11) is -3.57. The monoisotopic (exact) mass is 320 g/mol. The zero-order valence-corrected chi connectivity index (χ0v) is 11.9. The van der Waals surface area contributed by atoms with Crippen molar-refractivity contribution < 1.29 is 21.6 Å². The fourth-order valence-electron chi connectivity index (χ4n) is 2.09. The molecule has 1 aromatic rings. The quantitative estimate of drug-likeness (QED) is 0.877. The van der Waals surface area contributed by atoms with E-state index in [0.717, 1.165) is 12.8 Å². The Balaban J connectivity index is 1.73. The molecule has 0 amide bonds. The van der Waals surface area contributed by atoms with Gasteiger partial charge in [0.2, 0.25) is 10.0 Å². The summed E-state index contributed by atoms with van der Waals surface area (Å²) in [6.07, 6.45) is -2.56. The van der Waals surface area contributed by atoms with Crippen molar-refractivity contribution in [3.05, 3.63) is 24.3 Å². The first-order valence-corrected chi connectivity index (χ1v) is 8.18. The fraction of sp³-hybridized carbons (Fsp3) is 0.538. The van der Waals surface area contributed by atoms with Crippen molar-refractivity contribution in [1.82, 2.24) is 4.72 Å². The topological polar surface area (TPSA) is 58.2 Å². The van der Waals surface area contributed by atoms with Gasteiger partial charge in [0.25, 0.3) is 0 Å². The third kappa shape index (κ3) is 3.01. The SMILES string of the molecule is O=S(=O)(NC1CC1)c1ccc(NC2(C(F)(F)F)CC2)cc1. The van der Waals surface area contributed by atoms with Crippen molar-refractivity contribution in [3.8, 4) is 0 Å². The van der Waals surface area contributed by atoms with Crippen LogP contribution in [0.2, 0.25) is 0 Å². The van der Waals surface area contributed by atoms with E-state index in [1.165, 1.54) is 24.3 Å². The molecule has 0 aromatic heterocycles. The molecule has 21 heavy (non-hydrogen) atoms. The number of benzene rings is 1. The number of halogens is 3. The zero-order chi connectivity index (χ0) is 15.3. The predicted octanol–water partition coefficient (Wildman–Crippen LogP) is 2.63. The number of anilines is 1. The van der Waals surface area contributed by atoms with Crippen LogP contribution >= 0.6 is 0 Å². The summed E-state index contributed by atoms with van der Waals surface area (Å²) in [5.41, 5.74) is -1.57. The Labute approximate surface area is 120 Å². The minimum Gasteiger partial charge on any atom is -0.372 e. The molecule has 0 radical (unpaired) electrons. The van der Waals surface area contributed by atoms with Crippen LogP contribution in [-0.2, 0) is 10.0 Å². The predicted molar refractivity (Wildman–Crippen MR) is 71.4 cm³/mol. The third-order valence-electron chi connectivity index (χ3n) is 3.74. The van der Waals surface area contributed by atoms with E-state index in [2.05, 4.69) is 10.0 Å². The van der Waals surface area contributed by atoms with Gasteiger partial charge in [0.05, 0.1) is 4.90 Å². The first-order valence-electron chi connectivity index (χ1n) is 6.69. The number of hydrogen-bond acceptors (Lipinski definition) is 3. The molecule has 0 heterocycles. The molecule has 8 heteroatoms. The molecule has 116 valence electrons. The maximum Gasteiger partial charge on any atom is 0.411 e. The third-order valence-corrected chi connectivity index (χ3v) is 5.28. The van der Waals surface area contributed by atoms with Gasteiger partial charge in [-0.25, -0.2) is 13.1 Å². The van der Waals surface area contributed by atoms with E-state index in [1.54, 1.807) is 0 Å². The Morgan fingerprint density at radius 3 is 2.10 bits per heavy atom. The molecule has 4 nitrogen and oxygen atoms in total. The summed E-state index contributed by atoms with van der Waals surface area (Å²) < 4.78 is 64.9. The molecule has 2 saturated carbocycles. The highest BCUT2D eigenvalue weighted by atomic mass is 32.2. The van der Waals surface area contributed by atoms with Gasteiger partial charge in [-0.15, -0.1) is 0 Å². The van der Waals surface area contributed by atoms with Gasteiger partial charge in [0, 0.05) is 11.7 Å². The molecule has 0 bridgehead atoms. The average Bonchev–Trinajstić information content (AvgIpc) is 3.25. The lowest BCUT2D eigenvalue weighted by Crippen LogP contribution is -2.38.